The molecular weight excluding hydrogens is 609 g/mol. The molecule has 0 radical (unpaired) electrons. The highest BCUT2D eigenvalue weighted by Gasteiger charge is 2.20. The lowest BCUT2D eigenvalue weighted by molar-refractivity contribution is 0.996. The predicted octanol–water partition coefficient (Wildman–Crippen LogP) is 11.7. The molecule has 0 fully saturated rings. The summed E-state index contributed by atoms with van der Waals surface area (Å²) in [6.07, 6.45) is 0. The Labute approximate surface area is 289 Å². The number of hydrogen-bond acceptors (Lipinski definition) is 2. The van der Waals surface area contributed by atoms with Crippen molar-refractivity contribution in [1.82, 2.24) is 19.1 Å². The topological polar surface area (TPSA) is 35.6 Å². The van der Waals surface area contributed by atoms with Gasteiger partial charge in [0.05, 0.1) is 33.5 Å². The minimum atomic E-state index is 0.646. The van der Waals surface area contributed by atoms with Crippen molar-refractivity contribution < 1.29 is 0 Å². The van der Waals surface area contributed by atoms with E-state index in [1.807, 2.05) is 12.1 Å². The van der Waals surface area contributed by atoms with Crippen molar-refractivity contribution >= 4 is 43.6 Å². The maximum absolute atomic E-state index is 5.25. The fraction of sp³-hybridized carbons (Fsp3) is 0. The Morgan fingerprint density at radius 1 is 0.340 bits per heavy atom. The normalized spacial score (nSPS) is 11.6. The summed E-state index contributed by atoms with van der Waals surface area (Å²) in [6.45, 7) is 0. The Kier molecular flexibility index (Phi) is 6.46. The van der Waals surface area contributed by atoms with Gasteiger partial charge in [0, 0.05) is 38.4 Å². The van der Waals surface area contributed by atoms with E-state index < -0.39 is 0 Å². The first kappa shape index (κ1) is 28.3. The van der Waals surface area contributed by atoms with Crippen molar-refractivity contribution in [2.45, 2.75) is 0 Å². The molecule has 0 unspecified atom stereocenters. The molecule has 0 atom stereocenters. The second-order valence-electron chi connectivity index (χ2n) is 12.6. The van der Waals surface area contributed by atoms with Crippen LogP contribution < -0.4 is 0 Å². The summed E-state index contributed by atoms with van der Waals surface area (Å²) in [5, 5.41) is 4.80. The van der Waals surface area contributed by atoms with Gasteiger partial charge < -0.3 is 4.57 Å². The maximum atomic E-state index is 5.25. The van der Waals surface area contributed by atoms with Crippen LogP contribution in [-0.4, -0.2) is 19.1 Å². The molecule has 0 amide bonds. The Bertz CT molecular complexity index is 2790. The molecule has 0 spiro atoms. The lowest BCUT2D eigenvalue weighted by atomic mass is 9.98. The second kappa shape index (κ2) is 11.4. The first-order valence-corrected chi connectivity index (χ1v) is 16.9. The molecule has 0 bridgehead atoms. The monoisotopic (exact) mass is 638 g/mol. The van der Waals surface area contributed by atoms with Gasteiger partial charge in [-0.1, -0.05) is 140 Å². The van der Waals surface area contributed by atoms with E-state index in [-0.39, 0.29) is 0 Å². The summed E-state index contributed by atoms with van der Waals surface area (Å²) >= 11 is 0. The standard InChI is InChI=1S/C46H30N4/c1-4-15-31(16-5-1)39-30-40(32-17-6-2-7-18-32)48-46(47-39)50-41-24-12-10-21-36(41)37-28-27-33(29-44(37)50)35-23-14-26-43-45(35)38-22-11-13-25-42(38)49(43)34-19-8-3-9-20-34/h1-30H. The third kappa shape index (κ3) is 4.46. The maximum Gasteiger partial charge on any atom is 0.235 e. The molecule has 7 aromatic carbocycles. The van der Waals surface area contributed by atoms with Crippen molar-refractivity contribution in [3.63, 3.8) is 0 Å². The van der Waals surface area contributed by atoms with E-state index >= 15 is 0 Å². The third-order valence-corrected chi connectivity index (χ3v) is 9.75. The van der Waals surface area contributed by atoms with Crippen LogP contribution in [0.3, 0.4) is 0 Å². The summed E-state index contributed by atoms with van der Waals surface area (Å²) in [5.74, 6) is 0.646. The van der Waals surface area contributed by atoms with Gasteiger partial charge in [-0.25, -0.2) is 9.97 Å². The molecule has 234 valence electrons. The van der Waals surface area contributed by atoms with Crippen LogP contribution in [0.2, 0.25) is 0 Å². The van der Waals surface area contributed by atoms with Crippen LogP contribution in [0.1, 0.15) is 0 Å². The van der Waals surface area contributed by atoms with Gasteiger partial charge in [0.15, 0.2) is 0 Å². The molecule has 3 heterocycles. The molecule has 50 heavy (non-hydrogen) atoms. The van der Waals surface area contributed by atoms with Gasteiger partial charge in [0.25, 0.3) is 0 Å². The van der Waals surface area contributed by atoms with Gasteiger partial charge in [0.2, 0.25) is 5.95 Å². The van der Waals surface area contributed by atoms with Gasteiger partial charge in [-0.05, 0) is 53.6 Å². The minimum absolute atomic E-state index is 0.646. The van der Waals surface area contributed by atoms with Crippen LogP contribution in [-0.2, 0) is 0 Å². The SMILES string of the molecule is c1ccc(-c2cc(-c3ccccc3)nc(-n3c4ccccc4c4ccc(-c5cccc6c5c5ccccc5n6-c5ccccc5)cc43)n2)cc1. The number of benzene rings is 7. The minimum Gasteiger partial charge on any atom is -0.309 e. The fourth-order valence-electron chi connectivity index (χ4n) is 7.52. The molecule has 0 aliphatic carbocycles. The molecule has 0 aliphatic rings. The quantitative estimate of drug-likeness (QED) is 0.188. The zero-order valence-corrected chi connectivity index (χ0v) is 27.1. The van der Waals surface area contributed by atoms with Gasteiger partial charge in [-0.2, -0.15) is 0 Å². The molecule has 0 saturated heterocycles. The van der Waals surface area contributed by atoms with E-state index in [1.54, 1.807) is 0 Å². The number of aromatic nitrogens is 4. The van der Waals surface area contributed by atoms with Crippen LogP contribution in [0, 0.1) is 0 Å². The number of hydrogen-bond donors (Lipinski definition) is 0. The van der Waals surface area contributed by atoms with E-state index in [4.69, 9.17) is 9.97 Å². The predicted molar refractivity (Wildman–Crippen MR) is 207 cm³/mol. The Hall–Kier alpha value is -6.78. The Morgan fingerprint density at radius 3 is 1.56 bits per heavy atom. The molecule has 0 saturated carbocycles. The summed E-state index contributed by atoms with van der Waals surface area (Å²) in [5.41, 5.74) is 11.9. The van der Waals surface area contributed by atoms with Crippen LogP contribution >= 0.6 is 0 Å². The van der Waals surface area contributed by atoms with E-state index in [0.29, 0.717) is 5.95 Å². The summed E-state index contributed by atoms with van der Waals surface area (Å²) in [6, 6.07) is 64.2. The fourth-order valence-corrected chi connectivity index (χ4v) is 7.52. The molecule has 0 aliphatic heterocycles. The molecule has 3 aromatic heterocycles. The number of nitrogens with zero attached hydrogens (tertiary/aromatic N) is 4. The van der Waals surface area contributed by atoms with Crippen LogP contribution in [0.4, 0.5) is 0 Å². The molecule has 4 nitrogen and oxygen atoms in total. The van der Waals surface area contributed by atoms with Crippen molar-refractivity contribution in [2.24, 2.45) is 0 Å². The molecule has 0 N–H and O–H groups in total. The number of rotatable bonds is 5. The van der Waals surface area contributed by atoms with E-state index in [1.165, 1.54) is 38.1 Å². The Morgan fingerprint density at radius 2 is 0.880 bits per heavy atom. The summed E-state index contributed by atoms with van der Waals surface area (Å²) in [7, 11) is 0. The first-order chi connectivity index (χ1) is 24.8. The lowest BCUT2D eigenvalue weighted by Crippen LogP contribution is -2.04. The molecule has 10 rings (SSSR count). The van der Waals surface area contributed by atoms with Crippen molar-refractivity contribution in [3.05, 3.63) is 182 Å². The van der Waals surface area contributed by atoms with Crippen molar-refractivity contribution in [3.8, 4) is 45.3 Å². The van der Waals surface area contributed by atoms with Crippen LogP contribution in [0.25, 0.3) is 88.9 Å². The molecule has 10 aromatic rings. The smallest absolute Gasteiger partial charge is 0.235 e. The largest absolute Gasteiger partial charge is 0.309 e. The molecular formula is C46H30N4. The number of fused-ring (bicyclic) bond motifs is 6. The zero-order chi connectivity index (χ0) is 33.0. The zero-order valence-electron chi connectivity index (χ0n) is 27.1. The highest BCUT2D eigenvalue weighted by atomic mass is 15.2. The van der Waals surface area contributed by atoms with Gasteiger partial charge in [-0.15, -0.1) is 0 Å². The van der Waals surface area contributed by atoms with E-state index in [0.717, 1.165) is 44.8 Å². The van der Waals surface area contributed by atoms with Gasteiger partial charge >= 0.3 is 0 Å². The first-order valence-electron chi connectivity index (χ1n) is 16.9. The van der Waals surface area contributed by atoms with Gasteiger partial charge in [0.1, 0.15) is 0 Å². The van der Waals surface area contributed by atoms with Crippen molar-refractivity contribution in [1.29, 1.82) is 0 Å². The summed E-state index contributed by atoms with van der Waals surface area (Å²) < 4.78 is 4.61. The Balaban J connectivity index is 1.25. The third-order valence-electron chi connectivity index (χ3n) is 9.75. The summed E-state index contributed by atoms with van der Waals surface area (Å²) in [4.78, 5) is 10.5. The van der Waals surface area contributed by atoms with Crippen LogP contribution in [0.5, 0.6) is 0 Å². The van der Waals surface area contributed by atoms with Gasteiger partial charge in [-0.3, -0.25) is 4.57 Å². The molecule has 4 heteroatoms. The van der Waals surface area contributed by atoms with Crippen LogP contribution in [0.15, 0.2) is 182 Å². The van der Waals surface area contributed by atoms with E-state index in [9.17, 15) is 0 Å². The van der Waals surface area contributed by atoms with Crippen molar-refractivity contribution in [2.75, 3.05) is 0 Å². The number of para-hydroxylation sites is 3. The second-order valence-corrected chi connectivity index (χ2v) is 12.6. The average Bonchev–Trinajstić information content (AvgIpc) is 3.71. The lowest BCUT2D eigenvalue weighted by Gasteiger charge is -2.12. The average molecular weight is 639 g/mol. The highest BCUT2D eigenvalue weighted by Crippen LogP contribution is 2.41. The van der Waals surface area contributed by atoms with E-state index in [2.05, 4.69) is 179 Å². The highest BCUT2D eigenvalue weighted by molar-refractivity contribution is 6.17.